The van der Waals surface area contributed by atoms with Crippen molar-refractivity contribution in [3.05, 3.63) is 30.1 Å². The Hall–Kier alpha value is -0.740. The van der Waals surface area contributed by atoms with Gasteiger partial charge in [0.2, 0.25) is 0 Å². The predicted molar refractivity (Wildman–Crippen MR) is 65.9 cm³/mol. The molecule has 1 rings (SSSR count). The van der Waals surface area contributed by atoms with Crippen molar-refractivity contribution in [2.45, 2.75) is 12.5 Å². The first-order chi connectivity index (χ1) is 7.22. The Morgan fingerprint density at radius 3 is 2.67 bits per heavy atom. The highest BCUT2D eigenvalue weighted by molar-refractivity contribution is 7.98. The monoisotopic (exact) mass is 228 g/mol. The maximum absolute atomic E-state index is 12.6. The van der Waals surface area contributed by atoms with Gasteiger partial charge >= 0.3 is 0 Å². The molecule has 0 aliphatic rings. The van der Waals surface area contributed by atoms with Gasteiger partial charge in [0, 0.05) is 18.3 Å². The fraction of sp³-hybridized carbons (Fsp3) is 0.455. The van der Waals surface area contributed by atoms with Gasteiger partial charge in [0.15, 0.2) is 0 Å². The van der Waals surface area contributed by atoms with Gasteiger partial charge in [-0.15, -0.1) is 0 Å². The van der Waals surface area contributed by atoms with Gasteiger partial charge in [0.25, 0.3) is 0 Å². The Morgan fingerprint density at radius 1 is 1.40 bits per heavy atom. The van der Waals surface area contributed by atoms with Crippen LogP contribution in [0.5, 0.6) is 0 Å². The SMILES string of the molecule is CSCC[C@@H](N)CNc1ccc(F)cc1. The fourth-order valence-corrected chi connectivity index (χ4v) is 1.73. The van der Waals surface area contributed by atoms with Gasteiger partial charge in [-0.25, -0.2) is 4.39 Å². The van der Waals surface area contributed by atoms with Gasteiger partial charge in [0.05, 0.1) is 0 Å². The molecular formula is C11H17FN2S. The quantitative estimate of drug-likeness (QED) is 0.784. The number of benzene rings is 1. The first kappa shape index (κ1) is 12.3. The van der Waals surface area contributed by atoms with Crippen LogP contribution >= 0.6 is 11.8 Å². The highest BCUT2D eigenvalue weighted by Gasteiger charge is 2.01. The minimum Gasteiger partial charge on any atom is -0.383 e. The zero-order valence-corrected chi connectivity index (χ0v) is 9.69. The van der Waals surface area contributed by atoms with Crippen molar-refractivity contribution in [1.82, 2.24) is 0 Å². The van der Waals surface area contributed by atoms with Crippen molar-refractivity contribution in [3.8, 4) is 0 Å². The van der Waals surface area contributed by atoms with Crippen LogP contribution in [0, 0.1) is 5.82 Å². The molecule has 0 radical (unpaired) electrons. The van der Waals surface area contributed by atoms with E-state index in [1.54, 1.807) is 23.9 Å². The summed E-state index contributed by atoms with van der Waals surface area (Å²) in [5, 5.41) is 3.18. The predicted octanol–water partition coefficient (Wildman–Crippen LogP) is 2.32. The van der Waals surface area contributed by atoms with E-state index in [1.165, 1.54) is 12.1 Å². The number of thioether (sulfide) groups is 1. The topological polar surface area (TPSA) is 38.0 Å². The van der Waals surface area contributed by atoms with Gasteiger partial charge in [-0.3, -0.25) is 0 Å². The first-order valence-electron chi connectivity index (χ1n) is 4.96. The molecule has 0 fully saturated rings. The van der Waals surface area contributed by atoms with E-state index in [0.717, 1.165) is 24.4 Å². The lowest BCUT2D eigenvalue weighted by Crippen LogP contribution is -2.29. The summed E-state index contributed by atoms with van der Waals surface area (Å²) in [5.41, 5.74) is 6.80. The molecule has 2 nitrogen and oxygen atoms in total. The highest BCUT2D eigenvalue weighted by atomic mass is 32.2. The van der Waals surface area contributed by atoms with Gasteiger partial charge in [-0.05, 0) is 42.7 Å². The van der Waals surface area contributed by atoms with Crippen LogP contribution in [0.3, 0.4) is 0 Å². The summed E-state index contributed by atoms with van der Waals surface area (Å²) in [6.07, 6.45) is 3.06. The molecule has 0 spiro atoms. The maximum Gasteiger partial charge on any atom is 0.123 e. The molecule has 84 valence electrons. The minimum absolute atomic E-state index is 0.155. The van der Waals surface area contributed by atoms with E-state index in [-0.39, 0.29) is 11.9 Å². The molecule has 15 heavy (non-hydrogen) atoms. The highest BCUT2D eigenvalue weighted by Crippen LogP contribution is 2.08. The average molecular weight is 228 g/mol. The standard InChI is InChI=1S/C11H17FN2S/c1-15-7-6-10(13)8-14-11-4-2-9(12)3-5-11/h2-5,10,14H,6-8,13H2,1H3/t10-/m1/s1. The number of halogens is 1. The summed E-state index contributed by atoms with van der Waals surface area (Å²) < 4.78 is 12.6. The Labute approximate surface area is 94.4 Å². The summed E-state index contributed by atoms with van der Waals surface area (Å²) in [5.74, 6) is 0.860. The average Bonchev–Trinajstić information content (AvgIpc) is 2.25. The number of hydrogen-bond acceptors (Lipinski definition) is 3. The van der Waals surface area contributed by atoms with Gasteiger partial charge < -0.3 is 11.1 Å². The third kappa shape index (κ3) is 5.04. The maximum atomic E-state index is 12.6. The Balaban J connectivity index is 2.27. The second-order valence-corrected chi connectivity index (χ2v) is 4.41. The van der Waals surface area contributed by atoms with E-state index < -0.39 is 0 Å². The molecule has 1 atom stereocenters. The van der Waals surface area contributed by atoms with Crippen LogP contribution in [0.2, 0.25) is 0 Å². The summed E-state index contributed by atoms with van der Waals surface area (Å²) in [7, 11) is 0. The largest absolute Gasteiger partial charge is 0.383 e. The van der Waals surface area contributed by atoms with E-state index in [4.69, 9.17) is 5.73 Å². The van der Waals surface area contributed by atoms with E-state index in [1.807, 2.05) is 0 Å². The van der Waals surface area contributed by atoms with Crippen LogP contribution in [-0.2, 0) is 0 Å². The molecule has 0 aliphatic heterocycles. The fourth-order valence-electron chi connectivity index (χ4n) is 1.19. The molecule has 0 saturated heterocycles. The van der Waals surface area contributed by atoms with Crippen LogP contribution in [0.25, 0.3) is 0 Å². The molecule has 0 heterocycles. The third-order valence-corrected chi connectivity index (χ3v) is 2.75. The molecule has 0 amide bonds. The van der Waals surface area contributed by atoms with Gasteiger partial charge in [-0.1, -0.05) is 0 Å². The summed E-state index contributed by atoms with van der Waals surface area (Å²) in [6.45, 7) is 0.728. The van der Waals surface area contributed by atoms with E-state index in [2.05, 4.69) is 11.6 Å². The Morgan fingerprint density at radius 2 is 2.07 bits per heavy atom. The number of nitrogens with one attached hydrogen (secondary N) is 1. The van der Waals surface area contributed by atoms with Crippen LogP contribution in [0.1, 0.15) is 6.42 Å². The Bertz CT molecular complexity index is 276. The van der Waals surface area contributed by atoms with Crippen molar-refractivity contribution in [1.29, 1.82) is 0 Å². The minimum atomic E-state index is -0.216. The normalized spacial score (nSPS) is 12.5. The van der Waals surface area contributed by atoms with Crippen molar-refractivity contribution in [2.75, 3.05) is 23.9 Å². The van der Waals surface area contributed by atoms with E-state index >= 15 is 0 Å². The lowest BCUT2D eigenvalue weighted by atomic mass is 10.2. The second-order valence-electron chi connectivity index (χ2n) is 3.43. The molecule has 1 aromatic carbocycles. The lowest BCUT2D eigenvalue weighted by molar-refractivity contribution is 0.628. The van der Waals surface area contributed by atoms with Crippen LogP contribution in [0.4, 0.5) is 10.1 Å². The van der Waals surface area contributed by atoms with Crippen LogP contribution in [0.15, 0.2) is 24.3 Å². The van der Waals surface area contributed by atoms with E-state index in [9.17, 15) is 4.39 Å². The molecule has 0 bridgehead atoms. The molecule has 0 aliphatic carbocycles. The molecule has 1 aromatic rings. The molecule has 3 N–H and O–H groups in total. The number of rotatable bonds is 6. The Kier molecular flexibility index (Phi) is 5.50. The van der Waals surface area contributed by atoms with Crippen molar-refractivity contribution in [3.63, 3.8) is 0 Å². The van der Waals surface area contributed by atoms with Crippen LogP contribution < -0.4 is 11.1 Å². The molecule has 0 aromatic heterocycles. The number of hydrogen-bond donors (Lipinski definition) is 2. The number of anilines is 1. The smallest absolute Gasteiger partial charge is 0.123 e. The second kappa shape index (κ2) is 6.69. The zero-order chi connectivity index (χ0) is 11.1. The van der Waals surface area contributed by atoms with Gasteiger partial charge in [0.1, 0.15) is 5.82 Å². The molecule has 4 heteroatoms. The molecular weight excluding hydrogens is 211 g/mol. The van der Waals surface area contributed by atoms with Crippen molar-refractivity contribution in [2.24, 2.45) is 5.73 Å². The molecule has 0 unspecified atom stereocenters. The third-order valence-electron chi connectivity index (χ3n) is 2.11. The van der Waals surface area contributed by atoms with Crippen molar-refractivity contribution >= 4 is 17.4 Å². The first-order valence-corrected chi connectivity index (χ1v) is 6.35. The summed E-state index contributed by atoms with van der Waals surface area (Å²) in [6, 6.07) is 6.47. The number of nitrogens with two attached hydrogens (primary N) is 1. The van der Waals surface area contributed by atoms with Crippen LogP contribution in [-0.4, -0.2) is 24.6 Å². The summed E-state index contributed by atoms with van der Waals surface area (Å²) >= 11 is 1.80. The van der Waals surface area contributed by atoms with Gasteiger partial charge in [-0.2, -0.15) is 11.8 Å². The lowest BCUT2D eigenvalue weighted by Gasteiger charge is -2.12. The van der Waals surface area contributed by atoms with Crippen molar-refractivity contribution < 1.29 is 4.39 Å². The van der Waals surface area contributed by atoms with E-state index in [0.29, 0.717) is 0 Å². The molecule has 0 saturated carbocycles. The summed E-state index contributed by atoms with van der Waals surface area (Å²) in [4.78, 5) is 0. The zero-order valence-electron chi connectivity index (χ0n) is 8.87.